The Kier molecular flexibility index (Phi) is 4.92. The van der Waals surface area contributed by atoms with E-state index in [1.807, 2.05) is 0 Å². The van der Waals surface area contributed by atoms with Crippen molar-refractivity contribution in [3.05, 3.63) is 41.7 Å². The minimum Gasteiger partial charge on any atom is -0.511 e. The molecule has 5 nitrogen and oxygen atoms in total. The Labute approximate surface area is 105 Å². The van der Waals surface area contributed by atoms with Crippen LogP contribution in [-0.2, 0) is 14.3 Å². The lowest BCUT2D eigenvalue weighted by molar-refractivity contribution is -0.137. The van der Waals surface area contributed by atoms with Crippen molar-refractivity contribution in [3.63, 3.8) is 0 Å². The van der Waals surface area contributed by atoms with Crippen LogP contribution in [0, 0.1) is 0 Å². The molecule has 0 spiro atoms. The van der Waals surface area contributed by atoms with E-state index >= 15 is 0 Å². The maximum Gasteiger partial charge on any atom is 0.346 e. The predicted octanol–water partition coefficient (Wildman–Crippen LogP) is 2.02. The molecule has 0 fully saturated rings. The van der Waals surface area contributed by atoms with Gasteiger partial charge in [-0.05, 0) is 12.1 Å². The molecular weight excluding hydrogens is 234 g/mol. The zero-order valence-corrected chi connectivity index (χ0v) is 10.3. The van der Waals surface area contributed by atoms with E-state index in [-0.39, 0.29) is 17.8 Å². The first kappa shape index (κ1) is 13.8. The summed E-state index contributed by atoms with van der Waals surface area (Å²) in [5.41, 5.74) is 0.164. The van der Waals surface area contributed by atoms with Gasteiger partial charge in [-0.3, -0.25) is 4.79 Å². The van der Waals surface area contributed by atoms with E-state index < -0.39 is 11.9 Å². The number of carbonyl (C=O) groups is 2. The highest BCUT2D eigenvalue weighted by atomic mass is 16.5. The van der Waals surface area contributed by atoms with Gasteiger partial charge in [0.05, 0.1) is 7.11 Å². The molecule has 0 saturated heterocycles. The first-order valence-electron chi connectivity index (χ1n) is 5.47. The third-order valence-corrected chi connectivity index (χ3v) is 2.27. The lowest BCUT2D eigenvalue weighted by Gasteiger charge is -2.09. The van der Waals surface area contributed by atoms with Crippen molar-refractivity contribution in [2.75, 3.05) is 12.4 Å². The standard InChI is InChI=1S/C13H15NO4/c1-3-10(15)11(13(17)18-2)12(16)14-9-7-5-4-6-8-9/h4-8,15H,3H2,1-2H3,(H,14,16)/b11-10+. The van der Waals surface area contributed by atoms with Crippen LogP contribution in [0.15, 0.2) is 41.7 Å². The monoisotopic (exact) mass is 249 g/mol. The van der Waals surface area contributed by atoms with Crippen LogP contribution in [0.2, 0.25) is 0 Å². The molecule has 0 bridgehead atoms. The molecule has 2 N–H and O–H groups in total. The highest BCUT2D eigenvalue weighted by molar-refractivity contribution is 6.21. The molecule has 0 saturated carbocycles. The first-order valence-corrected chi connectivity index (χ1v) is 5.47. The Balaban J connectivity index is 2.95. The van der Waals surface area contributed by atoms with Gasteiger partial charge in [-0.2, -0.15) is 0 Å². The van der Waals surface area contributed by atoms with Crippen LogP contribution < -0.4 is 5.32 Å². The molecule has 0 aliphatic heterocycles. The number of aliphatic hydroxyl groups excluding tert-OH is 1. The van der Waals surface area contributed by atoms with Crippen molar-refractivity contribution in [1.82, 2.24) is 0 Å². The van der Waals surface area contributed by atoms with Crippen LogP contribution in [0.5, 0.6) is 0 Å². The Morgan fingerprint density at radius 1 is 1.28 bits per heavy atom. The van der Waals surface area contributed by atoms with Crippen LogP contribution >= 0.6 is 0 Å². The molecule has 0 aliphatic carbocycles. The Morgan fingerprint density at radius 3 is 2.39 bits per heavy atom. The molecule has 0 heterocycles. The third-order valence-electron chi connectivity index (χ3n) is 2.27. The highest BCUT2D eigenvalue weighted by Crippen LogP contribution is 2.12. The maximum atomic E-state index is 11.9. The molecule has 0 unspecified atom stereocenters. The number of para-hydroxylation sites is 1. The topological polar surface area (TPSA) is 75.6 Å². The van der Waals surface area contributed by atoms with Crippen molar-refractivity contribution < 1.29 is 19.4 Å². The van der Waals surface area contributed by atoms with Crippen LogP contribution in [0.1, 0.15) is 13.3 Å². The minimum atomic E-state index is -0.859. The number of esters is 1. The molecule has 1 rings (SSSR count). The van der Waals surface area contributed by atoms with E-state index in [0.29, 0.717) is 5.69 Å². The Bertz CT molecular complexity index is 465. The van der Waals surface area contributed by atoms with E-state index in [1.54, 1.807) is 37.3 Å². The SMILES string of the molecule is CC/C(O)=C(/C(=O)Nc1ccccc1)C(=O)OC. The van der Waals surface area contributed by atoms with Crippen molar-refractivity contribution in [3.8, 4) is 0 Å². The van der Waals surface area contributed by atoms with Crippen molar-refractivity contribution >= 4 is 17.6 Å². The highest BCUT2D eigenvalue weighted by Gasteiger charge is 2.23. The van der Waals surface area contributed by atoms with E-state index in [4.69, 9.17) is 0 Å². The molecule has 96 valence electrons. The number of anilines is 1. The first-order chi connectivity index (χ1) is 8.60. The smallest absolute Gasteiger partial charge is 0.346 e. The van der Waals surface area contributed by atoms with E-state index in [0.717, 1.165) is 7.11 Å². The predicted molar refractivity (Wildman–Crippen MR) is 67.0 cm³/mol. The Hall–Kier alpha value is -2.30. The van der Waals surface area contributed by atoms with Crippen LogP contribution in [0.3, 0.4) is 0 Å². The van der Waals surface area contributed by atoms with Gasteiger partial charge in [0.2, 0.25) is 0 Å². The molecule has 5 heteroatoms. The van der Waals surface area contributed by atoms with Gasteiger partial charge >= 0.3 is 5.97 Å². The lowest BCUT2D eigenvalue weighted by atomic mass is 10.1. The number of allylic oxidation sites excluding steroid dienone is 1. The average molecular weight is 249 g/mol. The van der Waals surface area contributed by atoms with Gasteiger partial charge in [0, 0.05) is 12.1 Å². The van der Waals surface area contributed by atoms with E-state index in [9.17, 15) is 14.7 Å². The van der Waals surface area contributed by atoms with Crippen molar-refractivity contribution in [2.45, 2.75) is 13.3 Å². The molecule has 1 aromatic carbocycles. The number of aliphatic hydroxyl groups is 1. The number of amides is 1. The number of ether oxygens (including phenoxy) is 1. The summed E-state index contributed by atoms with van der Waals surface area (Å²) in [4.78, 5) is 23.3. The van der Waals surface area contributed by atoms with Gasteiger partial charge in [0.1, 0.15) is 5.76 Å². The summed E-state index contributed by atoms with van der Waals surface area (Å²) < 4.78 is 4.48. The summed E-state index contributed by atoms with van der Waals surface area (Å²) in [5, 5.41) is 12.1. The summed E-state index contributed by atoms with van der Waals surface area (Å²) in [5.74, 6) is -1.84. The second kappa shape index (κ2) is 6.44. The second-order valence-corrected chi connectivity index (χ2v) is 3.49. The fourth-order valence-electron chi connectivity index (χ4n) is 1.34. The van der Waals surface area contributed by atoms with Gasteiger partial charge in [-0.25, -0.2) is 4.79 Å². The normalized spacial score (nSPS) is 11.4. The van der Waals surface area contributed by atoms with Gasteiger partial charge in [-0.15, -0.1) is 0 Å². The van der Waals surface area contributed by atoms with Crippen molar-refractivity contribution in [2.24, 2.45) is 0 Å². The zero-order valence-electron chi connectivity index (χ0n) is 10.3. The molecule has 0 aromatic heterocycles. The van der Waals surface area contributed by atoms with Gasteiger partial charge < -0.3 is 15.2 Å². The maximum absolute atomic E-state index is 11.9. The van der Waals surface area contributed by atoms with Gasteiger partial charge in [0.25, 0.3) is 5.91 Å². The number of rotatable bonds is 4. The molecule has 1 aromatic rings. The quantitative estimate of drug-likeness (QED) is 0.281. The van der Waals surface area contributed by atoms with Gasteiger partial charge in [-0.1, -0.05) is 25.1 Å². The molecular formula is C13H15NO4. The van der Waals surface area contributed by atoms with Gasteiger partial charge in [0.15, 0.2) is 5.57 Å². The van der Waals surface area contributed by atoms with Crippen LogP contribution in [0.4, 0.5) is 5.69 Å². The number of hydrogen-bond donors (Lipinski definition) is 2. The summed E-state index contributed by atoms with van der Waals surface area (Å²) in [7, 11) is 1.15. The summed E-state index contributed by atoms with van der Waals surface area (Å²) >= 11 is 0. The average Bonchev–Trinajstić information content (AvgIpc) is 2.39. The number of nitrogens with one attached hydrogen (secondary N) is 1. The van der Waals surface area contributed by atoms with E-state index in [1.165, 1.54) is 0 Å². The van der Waals surface area contributed by atoms with Crippen LogP contribution in [0.25, 0.3) is 0 Å². The molecule has 1 amide bonds. The zero-order chi connectivity index (χ0) is 13.5. The molecule has 0 atom stereocenters. The fourth-order valence-corrected chi connectivity index (χ4v) is 1.34. The number of hydrogen-bond acceptors (Lipinski definition) is 4. The summed E-state index contributed by atoms with van der Waals surface area (Å²) in [6.45, 7) is 1.63. The summed E-state index contributed by atoms with van der Waals surface area (Å²) in [6.07, 6.45) is 0.173. The molecule has 0 aliphatic rings. The lowest BCUT2D eigenvalue weighted by Crippen LogP contribution is -2.23. The minimum absolute atomic E-state index is 0.173. The Morgan fingerprint density at radius 2 is 1.89 bits per heavy atom. The third kappa shape index (κ3) is 3.35. The summed E-state index contributed by atoms with van der Waals surface area (Å²) in [6, 6.07) is 8.65. The molecule has 18 heavy (non-hydrogen) atoms. The largest absolute Gasteiger partial charge is 0.511 e. The number of methoxy groups -OCH3 is 1. The van der Waals surface area contributed by atoms with E-state index in [2.05, 4.69) is 10.1 Å². The fraction of sp³-hybridized carbons (Fsp3) is 0.231. The number of carbonyl (C=O) groups excluding carboxylic acids is 2. The van der Waals surface area contributed by atoms with Crippen molar-refractivity contribution in [1.29, 1.82) is 0 Å². The number of benzene rings is 1. The van der Waals surface area contributed by atoms with Crippen LogP contribution in [-0.4, -0.2) is 24.1 Å². The molecule has 0 radical (unpaired) electrons. The second-order valence-electron chi connectivity index (χ2n) is 3.49.